The maximum Gasteiger partial charge on any atom is 0.252 e. The molecule has 1 aromatic carbocycles. The highest BCUT2D eigenvalue weighted by atomic mass is 32.2. The van der Waals surface area contributed by atoms with Crippen LogP contribution in [0.3, 0.4) is 0 Å². The Kier molecular flexibility index (Phi) is 5.60. The minimum atomic E-state index is -3.63. The fourth-order valence-electron chi connectivity index (χ4n) is 3.78. The molecule has 0 bridgehead atoms. The largest absolute Gasteiger partial charge is 0.339 e. The number of carbonyl (C=O) groups excluding carboxylic acids is 1. The second-order valence-corrected chi connectivity index (χ2v) is 11.5. The summed E-state index contributed by atoms with van der Waals surface area (Å²) >= 11 is 1.16. The Morgan fingerprint density at radius 3 is 2.56 bits per heavy atom. The van der Waals surface area contributed by atoms with Gasteiger partial charge in [0.25, 0.3) is 10.0 Å². The molecule has 1 amide bonds. The van der Waals surface area contributed by atoms with E-state index in [9.17, 15) is 13.2 Å². The van der Waals surface area contributed by atoms with Crippen LogP contribution >= 0.6 is 11.3 Å². The van der Waals surface area contributed by atoms with Crippen LogP contribution in [-0.4, -0.2) is 41.9 Å². The molecule has 2 fully saturated rings. The van der Waals surface area contributed by atoms with Crippen molar-refractivity contribution in [1.29, 1.82) is 0 Å². The van der Waals surface area contributed by atoms with Crippen LogP contribution in [-0.2, 0) is 14.8 Å². The van der Waals surface area contributed by atoms with Crippen molar-refractivity contribution in [2.75, 3.05) is 18.4 Å². The number of carbonyl (C=O) groups is 1. The van der Waals surface area contributed by atoms with Gasteiger partial charge in [0, 0.05) is 41.6 Å². The fraction of sp³-hybridized carbons (Fsp3) is 0.409. The van der Waals surface area contributed by atoms with Crippen LogP contribution in [0.15, 0.2) is 44.4 Å². The number of hydrogen-bond acceptors (Lipinski definition) is 7. The normalized spacial score (nSPS) is 18.0. The molecule has 2 aromatic heterocycles. The zero-order chi connectivity index (χ0) is 22.3. The number of anilines is 1. The molecule has 3 heterocycles. The number of thiophene rings is 1. The highest BCUT2D eigenvalue weighted by Gasteiger charge is 2.34. The lowest BCUT2D eigenvalue weighted by molar-refractivity contribution is -0.120. The number of benzene rings is 1. The number of amides is 1. The van der Waals surface area contributed by atoms with E-state index in [4.69, 9.17) is 4.52 Å². The Hall–Kier alpha value is -2.56. The molecule has 8 nitrogen and oxygen atoms in total. The fourth-order valence-corrected chi connectivity index (χ4v) is 6.56. The van der Waals surface area contributed by atoms with Crippen LogP contribution in [0, 0.1) is 12.8 Å². The highest BCUT2D eigenvalue weighted by Crippen LogP contribution is 2.40. The van der Waals surface area contributed by atoms with Gasteiger partial charge in [0.1, 0.15) is 4.21 Å². The molecular formula is C22H24N4O4S2. The monoisotopic (exact) mass is 472 g/mol. The van der Waals surface area contributed by atoms with E-state index in [-0.39, 0.29) is 16.0 Å². The van der Waals surface area contributed by atoms with E-state index in [1.165, 1.54) is 4.31 Å². The molecule has 0 spiro atoms. The van der Waals surface area contributed by atoms with E-state index in [0.717, 1.165) is 35.4 Å². The van der Waals surface area contributed by atoms with E-state index >= 15 is 0 Å². The minimum Gasteiger partial charge on any atom is -0.339 e. The Morgan fingerprint density at radius 2 is 1.88 bits per heavy atom. The van der Waals surface area contributed by atoms with Crippen LogP contribution in [0.1, 0.15) is 43.1 Å². The molecule has 1 saturated heterocycles. The van der Waals surface area contributed by atoms with E-state index in [0.29, 0.717) is 49.1 Å². The number of sulfonamides is 1. The first kappa shape index (κ1) is 21.3. The maximum atomic E-state index is 13.1. The van der Waals surface area contributed by atoms with Crippen molar-refractivity contribution >= 4 is 33.0 Å². The van der Waals surface area contributed by atoms with Gasteiger partial charge in [-0.2, -0.15) is 9.29 Å². The summed E-state index contributed by atoms with van der Waals surface area (Å²) < 4.78 is 33.3. The summed E-state index contributed by atoms with van der Waals surface area (Å²) in [6, 6.07) is 9.25. The number of rotatable bonds is 6. The van der Waals surface area contributed by atoms with Crippen LogP contribution in [0.25, 0.3) is 11.4 Å². The standard InChI is InChI=1S/C22H24N4O4S2/c1-14-2-6-18(7-3-14)23-21(27)15-8-10-26(11-9-15)32(28,29)19-12-17(13-31-19)20-24-22(30-25-20)16-4-5-16/h2-3,6-7,12-13,15-16H,4-5,8-11H2,1H3,(H,23,27). The molecule has 0 radical (unpaired) electrons. The molecule has 168 valence electrons. The first-order valence-electron chi connectivity index (χ1n) is 10.7. The van der Waals surface area contributed by atoms with Crippen LogP contribution in [0.2, 0.25) is 0 Å². The van der Waals surface area contributed by atoms with Gasteiger partial charge in [-0.3, -0.25) is 4.79 Å². The van der Waals surface area contributed by atoms with Gasteiger partial charge in [0.2, 0.25) is 17.6 Å². The maximum absolute atomic E-state index is 13.1. The third-order valence-electron chi connectivity index (χ3n) is 5.94. The molecular weight excluding hydrogens is 448 g/mol. The van der Waals surface area contributed by atoms with Crippen molar-refractivity contribution < 1.29 is 17.7 Å². The van der Waals surface area contributed by atoms with Crippen LogP contribution in [0.5, 0.6) is 0 Å². The number of piperidine rings is 1. The highest BCUT2D eigenvalue weighted by molar-refractivity contribution is 7.91. The lowest BCUT2D eigenvalue weighted by Crippen LogP contribution is -2.41. The minimum absolute atomic E-state index is 0.0621. The average Bonchev–Trinajstić information content (AvgIpc) is 3.31. The van der Waals surface area contributed by atoms with Gasteiger partial charge in [-0.05, 0) is 50.8 Å². The molecule has 1 N–H and O–H groups in total. The molecule has 32 heavy (non-hydrogen) atoms. The summed E-state index contributed by atoms with van der Waals surface area (Å²) in [6.45, 7) is 2.62. The topological polar surface area (TPSA) is 105 Å². The van der Waals surface area contributed by atoms with Crippen molar-refractivity contribution in [3.8, 4) is 11.4 Å². The van der Waals surface area contributed by atoms with Gasteiger partial charge in [0.05, 0.1) is 0 Å². The van der Waals surface area contributed by atoms with E-state index in [1.54, 1.807) is 11.4 Å². The van der Waals surface area contributed by atoms with E-state index in [1.807, 2.05) is 31.2 Å². The second-order valence-electron chi connectivity index (χ2n) is 8.42. The van der Waals surface area contributed by atoms with Gasteiger partial charge in [-0.15, -0.1) is 11.3 Å². The third kappa shape index (κ3) is 4.35. The second kappa shape index (κ2) is 8.42. The molecule has 0 atom stereocenters. The summed E-state index contributed by atoms with van der Waals surface area (Å²) in [5.41, 5.74) is 2.53. The van der Waals surface area contributed by atoms with Gasteiger partial charge in [-0.25, -0.2) is 8.42 Å². The van der Waals surface area contributed by atoms with Crippen molar-refractivity contribution in [2.24, 2.45) is 5.92 Å². The summed E-state index contributed by atoms with van der Waals surface area (Å²) in [5, 5.41) is 8.67. The Morgan fingerprint density at radius 1 is 1.16 bits per heavy atom. The summed E-state index contributed by atoms with van der Waals surface area (Å²) in [4.78, 5) is 17.0. The molecule has 1 saturated carbocycles. The number of hydrogen-bond donors (Lipinski definition) is 1. The summed E-state index contributed by atoms with van der Waals surface area (Å²) in [7, 11) is -3.63. The van der Waals surface area contributed by atoms with Gasteiger partial charge >= 0.3 is 0 Å². The smallest absolute Gasteiger partial charge is 0.252 e. The van der Waals surface area contributed by atoms with E-state index in [2.05, 4.69) is 15.5 Å². The average molecular weight is 473 g/mol. The number of nitrogens with one attached hydrogen (secondary N) is 1. The van der Waals surface area contributed by atoms with Crippen molar-refractivity contribution in [3.05, 3.63) is 47.2 Å². The van der Waals surface area contributed by atoms with Gasteiger partial charge in [-0.1, -0.05) is 22.9 Å². The molecule has 2 aliphatic rings. The first-order valence-corrected chi connectivity index (χ1v) is 13.0. The van der Waals surface area contributed by atoms with Crippen LogP contribution in [0.4, 0.5) is 5.69 Å². The number of aromatic nitrogens is 2. The van der Waals surface area contributed by atoms with Crippen LogP contribution < -0.4 is 5.32 Å². The van der Waals surface area contributed by atoms with Gasteiger partial charge in [0.15, 0.2) is 0 Å². The molecule has 10 heteroatoms. The molecule has 3 aromatic rings. The van der Waals surface area contributed by atoms with Crippen molar-refractivity contribution in [1.82, 2.24) is 14.4 Å². The molecule has 0 unspecified atom stereocenters. The van der Waals surface area contributed by atoms with E-state index < -0.39 is 10.0 Å². The lowest BCUT2D eigenvalue weighted by Gasteiger charge is -2.30. The summed E-state index contributed by atoms with van der Waals surface area (Å²) in [5.74, 6) is 1.13. The summed E-state index contributed by atoms with van der Waals surface area (Å²) in [6.07, 6.45) is 3.10. The Balaban J connectivity index is 1.21. The zero-order valence-corrected chi connectivity index (χ0v) is 19.3. The lowest BCUT2D eigenvalue weighted by atomic mass is 9.97. The number of nitrogens with zero attached hydrogens (tertiary/aromatic N) is 3. The Bertz CT molecular complexity index is 1220. The predicted molar refractivity (Wildman–Crippen MR) is 121 cm³/mol. The number of aryl methyl sites for hydroxylation is 1. The zero-order valence-electron chi connectivity index (χ0n) is 17.7. The quantitative estimate of drug-likeness (QED) is 0.581. The molecule has 5 rings (SSSR count). The SMILES string of the molecule is Cc1ccc(NC(=O)C2CCN(S(=O)(=O)c3cc(-c4noc(C5CC5)n4)cs3)CC2)cc1. The molecule has 1 aliphatic carbocycles. The first-order chi connectivity index (χ1) is 15.4. The van der Waals surface area contributed by atoms with Crippen molar-refractivity contribution in [2.45, 2.75) is 42.7 Å². The third-order valence-corrected chi connectivity index (χ3v) is 9.25. The van der Waals surface area contributed by atoms with Crippen molar-refractivity contribution in [3.63, 3.8) is 0 Å². The Labute approximate surface area is 190 Å². The molecule has 1 aliphatic heterocycles. The van der Waals surface area contributed by atoms with Gasteiger partial charge < -0.3 is 9.84 Å². The predicted octanol–water partition coefficient (Wildman–Crippen LogP) is 4.02.